The number of rotatable bonds is 1. The van der Waals surface area contributed by atoms with Crippen LogP contribution in [0, 0.1) is 56.2 Å². The first kappa shape index (κ1) is 25.7. The molecule has 5 aliphatic rings. The maximum absolute atomic E-state index is 14.5. The van der Waals surface area contributed by atoms with Crippen molar-refractivity contribution in [2.45, 2.75) is 99.0 Å². The topological polar surface area (TPSA) is 88.6 Å². The summed E-state index contributed by atoms with van der Waals surface area (Å²) >= 11 is 0. The second kappa shape index (κ2) is 7.55. The Morgan fingerprint density at radius 3 is 2.37 bits per heavy atom. The zero-order valence-electron chi connectivity index (χ0n) is 24.1. The predicted molar refractivity (Wildman–Crippen MR) is 144 cm³/mol. The van der Waals surface area contributed by atoms with Crippen molar-refractivity contribution in [1.82, 2.24) is 14.8 Å². The van der Waals surface area contributed by atoms with Gasteiger partial charge in [0.1, 0.15) is 18.7 Å². The van der Waals surface area contributed by atoms with Crippen LogP contribution >= 0.6 is 0 Å². The van der Waals surface area contributed by atoms with Crippen LogP contribution in [-0.4, -0.2) is 26.3 Å². The van der Waals surface area contributed by atoms with E-state index in [2.05, 4.69) is 55.5 Å². The molecule has 5 aliphatic carbocycles. The average molecular weight is 515 g/mol. The number of hydrogen-bond acceptors (Lipinski definition) is 5. The van der Waals surface area contributed by atoms with E-state index in [-0.39, 0.29) is 56.7 Å². The second-order valence-corrected chi connectivity index (χ2v) is 15.2. The Kier molecular flexibility index (Phi) is 5.11. The van der Waals surface area contributed by atoms with Crippen molar-refractivity contribution >= 4 is 11.6 Å². The van der Waals surface area contributed by atoms with Crippen molar-refractivity contribution < 1.29 is 9.59 Å². The molecular formula is C32H42N4O2. The van der Waals surface area contributed by atoms with Gasteiger partial charge in [-0.15, -0.1) is 0 Å². The van der Waals surface area contributed by atoms with Gasteiger partial charge in [-0.05, 0) is 79.1 Å². The van der Waals surface area contributed by atoms with Crippen molar-refractivity contribution in [2.24, 2.45) is 44.8 Å². The molecule has 1 aromatic heterocycles. The number of nitriles is 1. The zero-order valence-corrected chi connectivity index (χ0v) is 24.1. The highest BCUT2D eigenvalue weighted by Crippen LogP contribution is 2.74. The summed E-state index contributed by atoms with van der Waals surface area (Å²) in [6, 6.07) is 2.20. The first-order valence-electron chi connectivity index (χ1n) is 14.5. The smallest absolute Gasteiger partial charge is 0.178 e. The molecule has 0 spiro atoms. The van der Waals surface area contributed by atoms with Crippen LogP contribution in [0.25, 0.3) is 0 Å². The van der Waals surface area contributed by atoms with Crippen LogP contribution in [0.4, 0.5) is 0 Å². The van der Waals surface area contributed by atoms with Gasteiger partial charge in [0.25, 0.3) is 0 Å². The molecule has 202 valence electrons. The molecule has 1 heterocycles. The average Bonchev–Trinajstić information content (AvgIpc) is 3.38. The molecule has 0 aliphatic heterocycles. The van der Waals surface area contributed by atoms with Gasteiger partial charge >= 0.3 is 0 Å². The maximum Gasteiger partial charge on any atom is 0.178 e. The highest BCUT2D eigenvalue weighted by Gasteiger charge is 2.70. The highest BCUT2D eigenvalue weighted by molar-refractivity contribution is 6.04. The fourth-order valence-electron chi connectivity index (χ4n) is 10.4. The quantitative estimate of drug-likeness (QED) is 0.445. The van der Waals surface area contributed by atoms with Gasteiger partial charge in [-0.2, -0.15) is 10.4 Å². The van der Waals surface area contributed by atoms with Gasteiger partial charge in [-0.1, -0.05) is 60.1 Å². The van der Waals surface area contributed by atoms with Crippen LogP contribution in [0.5, 0.6) is 0 Å². The first-order valence-corrected chi connectivity index (χ1v) is 14.5. The minimum atomic E-state index is -0.639. The van der Waals surface area contributed by atoms with Crippen LogP contribution in [0.3, 0.4) is 0 Å². The largest absolute Gasteiger partial charge is 0.295 e. The summed E-state index contributed by atoms with van der Waals surface area (Å²) in [5.41, 5.74) is -0.146. The SMILES string of the molecule is CC1(C)CC[C@]2(n3cncn3)CC[C@]3(C)[C@H](C(=O)C=C4[C@@]5(C)C=C(C#N)C(=O)C(C)(C)[C@@H]5CC[C@]43C)[C@@H]2C1. The van der Waals surface area contributed by atoms with E-state index in [1.54, 1.807) is 6.33 Å². The Hall–Kier alpha value is -2.55. The Morgan fingerprint density at radius 1 is 1.00 bits per heavy atom. The van der Waals surface area contributed by atoms with Crippen molar-refractivity contribution in [3.63, 3.8) is 0 Å². The summed E-state index contributed by atoms with van der Waals surface area (Å²) in [6.07, 6.45) is 14.4. The molecule has 1 aromatic rings. The summed E-state index contributed by atoms with van der Waals surface area (Å²) in [7, 11) is 0. The molecule has 38 heavy (non-hydrogen) atoms. The van der Waals surface area contributed by atoms with E-state index >= 15 is 0 Å². The lowest BCUT2D eigenvalue weighted by molar-refractivity contribution is -0.169. The number of Topliss-reactive ketones (excluding diaryl/α,β-unsaturated/α-hetero) is 1. The molecule has 3 fully saturated rings. The summed E-state index contributed by atoms with van der Waals surface area (Å²) in [4.78, 5) is 32.1. The lowest BCUT2D eigenvalue weighted by Gasteiger charge is -2.69. The summed E-state index contributed by atoms with van der Waals surface area (Å²) in [5.74, 6) is 0.340. The summed E-state index contributed by atoms with van der Waals surface area (Å²) in [6.45, 7) is 15.7. The number of ketones is 2. The third kappa shape index (κ3) is 2.94. The molecule has 0 N–H and O–H groups in total. The first-order chi connectivity index (χ1) is 17.7. The van der Waals surface area contributed by atoms with Crippen LogP contribution in [0.1, 0.15) is 93.4 Å². The molecule has 7 atom stereocenters. The second-order valence-electron chi connectivity index (χ2n) is 15.2. The summed E-state index contributed by atoms with van der Waals surface area (Å²) < 4.78 is 2.09. The van der Waals surface area contributed by atoms with Crippen LogP contribution in [0.2, 0.25) is 0 Å². The van der Waals surface area contributed by atoms with E-state index in [0.29, 0.717) is 0 Å². The van der Waals surface area contributed by atoms with E-state index in [1.165, 1.54) is 0 Å². The van der Waals surface area contributed by atoms with Crippen LogP contribution < -0.4 is 0 Å². The van der Waals surface area contributed by atoms with Gasteiger partial charge in [-0.25, -0.2) is 9.67 Å². The van der Waals surface area contributed by atoms with Crippen molar-refractivity contribution in [1.29, 1.82) is 5.26 Å². The van der Waals surface area contributed by atoms with E-state index in [1.807, 2.05) is 32.3 Å². The molecular weight excluding hydrogens is 472 g/mol. The van der Waals surface area contributed by atoms with Gasteiger partial charge < -0.3 is 0 Å². The molecule has 0 bridgehead atoms. The highest BCUT2D eigenvalue weighted by atomic mass is 16.1. The number of allylic oxidation sites excluding steroid dienone is 4. The predicted octanol–water partition coefficient (Wildman–Crippen LogP) is 6.21. The minimum Gasteiger partial charge on any atom is -0.295 e. The third-order valence-corrected chi connectivity index (χ3v) is 12.7. The van der Waals surface area contributed by atoms with E-state index in [0.717, 1.165) is 50.5 Å². The molecule has 0 unspecified atom stereocenters. The molecule has 0 aromatic carbocycles. The number of carbonyl (C=O) groups excluding carboxylic acids is 2. The van der Waals surface area contributed by atoms with Crippen molar-refractivity contribution in [3.05, 3.63) is 36.0 Å². The van der Waals surface area contributed by atoms with Gasteiger partial charge in [0.05, 0.1) is 11.1 Å². The van der Waals surface area contributed by atoms with E-state index < -0.39 is 10.8 Å². The fraction of sp³-hybridized carbons (Fsp3) is 0.719. The Labute approximate surface area is 227 Å². The normalized spacial score (nSPS) is 44.9. The number of carbonyl (C=O) groups is 2. The molecule has 0 saturated heterocycles. The Bertz CT molecular complexity index is 1330. The van der Waals surface area contributed by atoms with E-state index in [9.17, 15) is 14.9 Å². The zero-order chi connectivity index (χ0) is 27.5. The molecule has 6 rings (SSSR count). The Morgan fingerprint density at radius 2 is 1.71 bits per heavy atom. The number of aromatic nitrogens is 3. The lowest BCUT2D eigenvalue weighted by atomic mass is 9.35. The van der Waals surface area contributed by atoms with Gasteiger partial charge in [0, 0.05) is 16.7 Å². The summed E-state index contributed by atoms with van der Waals surface area (Å²) in [5, 5.41) is 14.6. The standard InChI is InChI=1S/C32H42N4O2/c1-27(2)10-12-32(36-19-34-18-35-36)13-11-31(7)25(21(32)16-27)22(37)14-24-29(5)15-20(17-33)26(38)28(3,4)23(29)8-9-30(24,31)6/h14-15,18-19,21,23,25H,8-13,16H2,1-7H3/t21-,23-,25-,29-,30+,31+,32-/m0/s1. The van der Waals surface area contributed by atoms with E-state index in [4.69, 9.17) is 0 Å². The maximum atomic E-state index is 14.5. The molecule has 6 nitrogen and oxygen atoms in total. The monoisotopic (exact) mass is 514 g/mol. The molecule has 0 amide bonds. The fourth-order valence-corrected chi connectivity index (χ4v) is 10.4. The lowest BCUT2D eigenvalue weighted by Crippen LogP contribution is -2.66. The van der Waals surface area contributed by atoms with Gasteiger partial charge in [-0.3, -0.25) is 9.59 Å². The van der Waals surface area contributed by atoms with Crippen LogP contribution in [-0.2, 0) is 15.1 Å². The van der Waals surface area contributed by atoms with Crippen LogP contribution in [0.15, 0.2) is 36.0 Å². The van der Waals surface area contributed by atoms with Crippen molar-refractivity contribution in [2.75, 3.05) is 0 Å². The number of fused-ring (bicyclic) bond motifs is 7. The van der Waals surface area contributed by atoms with Gasteiger partial charge in [0.15, 0.2) is 11.6 Å². The minimum absolute atomic E-state index is 0.0578. The molecule has 0 radical (unpaired) electrons. The third-order valence-electron chi connectivity index (χ3n) is 12.7. The molecule has 6 heteroatoms. The Balaban J connectivity index is 1.54. The van der Waals surface area contributed by atoms with Gasteiger partial charge in [0.2, 0.25) is 0 Å². The molecule has 3 saturated carbocycles. The van der Waals surface area contributed by atoms with Crippen molar-refractivity contribution in [3.8, 4) is 6.07 Å². The number of nitrogens with zero attached hydrogens (tertiary/aromatic N) is 4. The number of hydrogen-bond donors (Lipinski definition) is 0.